The van der Waals surface area contributed by atoms with Gasteiger partial charge in [-0.2, -0.15) is 21.3 Å². The van der Waals surface area contributed by atoms with Gasteiger partial charge in [0.2, 0.25) is 10.0 Å². The molecule has 3 saturated heterocycles. The molecule has 7 heteroatoms. The Morgan fingerprint density at radius 2 is 2.14 bits per heavy atom. The summed E-state index contributed by atoms with van der Waals surface area (Å²) < 4.78 is 33.4. The predicted octanol–water partition coefficient (Wildman–Crippen LogP) is 1.61. The molecule has 0 aromatic rings. The Bertz CT molecular complexity index is 523. The molecule has 1 spiro atoms. The second-order valence-electron chi connectivity index (χ2n) is 6.24. The van der Waals surface area contributed by atoms with E-state index in [0.717, 1.165) is 37.2 Å². The molecule has 3 unspecified atom stereocenters. The molecule has 3 rings (SSSR count). The molecular weight excluding hydrogens is 308 g/mol. The number of rotatable bonds is 2. The first-order valence-corrected chi connectivity index (χ1v) is 10.3. The van der Waals surface area contributed by atoms with Gasteiger partial charge in [-0.3, -0.25) is 0 Å². The molecule has 0 aromatic carbocycles. The van der Waals surface area contributed by atoms with Gasteiger partial charge in [0.05, 0.1) is 18.6 Å². The molecule has 3 heterocycles. The van der Waals surface area contributed by atoms with Crippen molar-refractivity contribution in [2.45, 2.75) is 42.9 Å². The SMILES string of the molecule is N#CC1CCOCC1S(=O)(=O)N1CCCC12CCCSC2. The topological polar surface area (TPSA) is 70.4 Å². The quantitative estimate of drug-likeness (QED) is 0.769. The molecule has 0 bridgehead atoms. The van der Waals surface area contributed by atoms with Crippen molar-refractivity contribution in [2.24, 2.45) is 5.92 Å². The second-order valence-corrected chi connectivity index (χ2v) is 9.42. The second kappa shape index (κ2) is 6.07. The predicted molar refractivity (Wildman–Crippen MR) is 82.5 cm³/mol. The van der Waals surface area contributed by atoms with E-state index >= 15 is 0 Å². The van der Waals surface area contributed by atoms with Gasteiger partial charge in [0.15, 0.2) is 0 Å². The van der Waals surface area contributed by atoms with Gasteiger partial charge >= 0.3 is 0 Å². The lowest BCUT2D eigenvalue weighted by atomic mass is 9.94. The molecule has 3 aliphatic heterocycles. The average Bonchev–Trinajstić information content (AvgIpc) is 2.91. The van der Waals surface area contributed by atoms with E-state index in [1.54, 1.807) is 4.31 Å². The van der Waals surface area contributed by atoms with Gasteiger partial charge < -0.3 is 4.74 Å². The Morgan fingerprint density at radius 3 is 2.86 bits per heavy atom. The number of hydrogen-bond acceptors (Lipinski definition) is 5. The van der Waals surface area contributed by atoms with E-state index in [1.165, 1.54) is 0 Å². The summed E-state index contributed by atoms with van der Waals surface area (Å²) in [4.78, 5) is 0. The summed E-state index contributed by atoms with van der Waals surface area (Å²) in [6.07, 6.45) is 4.47. The lowest BCUT2D eigenvalue weighted by Gasteiger charge is -2.42. The molecule has 118 valence electrons. The third-order valence-corrected chi connectivity index (χ3v) is 8.73. The van der Waals surface area contributed by atoms with Crippen molar-refractivity contribution in [1.29, 1.82) is 5.26 Å². The first-order valence-electron chi connectivity index (χ1n) is 7.67. The molecule has 0 amide bonds. The van der Waals surface area contributed by atoms with Crippen LogP contribution < -0.4 is 0 Å². The van der Waals surface area contributed by atoms with E-state index in [0.29, 0.717) is 19.6 Å². The van der Waals surface area contributed by atoms with E-state index in [9.17, 15) is 13.7 Å². The van der Waals surface area contributed by atoms with Crippen molar-refractivity contribution in [2.75, 3.05) is 31.3 Å². The monoisotopic (exact) mass is 330 g/mol. The molecule has 21 heavy (non-hydrogen) atoms. The summed E-state index contributed by atoms with van der Waals surface area (Å²) >= 11 is 1.86. The number of sulfonamides is 1. The van der Waals surface area contributed by atoms with Gasteiger partial charge in [-0.15, -0.1) is 0 Å². The molecule has 0 aliphatic carbocycles. The number of nitrogens with zero attached hydrogens (tertiary/aromatic N) is 2. The minimum absolute atomic E-state index is 0.167. The summed E-state index contributed by atoms with van der Waals surface area (Å²) in [6.45, 7) is 1.27. The molecule has 0 radical (unpaired) electrons. The Labute approximate surface area is 131 Å². The maximum Gasteiger partial charge on any atom is 0.221 e. The summed E-state index contributed by atoms with van der Waals surface area (Å²) in [6, 6.07) is 2.18. The molecule has 0 saturated carbocycles. The van der Waals surface area contributed by atoms with Crippen molar-refractivity contribution in [1.82, 2.24) is 4.31 Å². The van der Waals surface area contributed by atoms with Crippen LogP contribution in [0.15, 0.2) is 0 Å². The zero-order valence-corrected chi connectivity index (χ0v) is 13.8. The highest BCUT2D eigenvalue weighted by Crippen LogP contribution is 2.43. The van der Waals surface area contributed by atoms with E-state index in [2.05, 4.69) is 6.07 Å². The lowest BCUT2D eigenvalue weighted by Crippen LogP contribution is -2.55. The van der Waals surface area contributed by atoms with Crippen molar-refractivity contribution in [3.63, 3.8) is 0 Å². The largest absolute Gasteiger partial charge is 0.380 e. The molecule has 3 fully saturated rings. The Morgan fingerprint density at radius 1 is 1.33 bits per heavy atom. The molecule has 3 aliphatic rings. The minimum Gasteiger partial charge on any atom is -0.380 e. The fraction of sp³-hybridized carbons (Fsp3) is 0.929. The van der Waals surface area contributed by atoms with Crippen LogP contribution in [0, 0.1) is 17.2 Å². The van der Waals surface area contributed by atoms with Gasteiger partial charge in [-0.05, 0) is 37.9 Å². The molecule has 5 nitrogen and oxygen atoms in total. The zero-order chi connectivity index (χ0) is 14.9. The fourth-order valence-electron chi connectivity index (χ4n) is 3.86. The molecular formula is C14H22N2O3S2. The van der Waals surface area contributed by atoms with Crippen LogP contribution in [0.2, 0.25) is 0 Å². The maximum atomic E-state index is 13.1. The number of thioether (sulfide) groups is 1. The van der Waals surface area contributed by atoms with Crippen LogP contribution in [0.25, 0.3) is 0 Å². The van der Waals surface area contributed by atoms with Gasteiger partial charge in [0.25, 0.3) is 0 Å². The van der Waals surface area contributed by atoms with Crippen molar-refractivity contribution in [3.05, 3.63) is 0 Å². The molecule has 3 atom stereocenters. The van der Waals surface area contributed by atoms with Crippen LogP contribution in [-0.2, 0) is 14.8 Å². The van der Waals surface area contributed by atoms with Gasteiger partial charge in [0, 0.05) is 24.4 Å². The fourth-order valence-corrected chi connectivity index (χ4v) is 7.64. The molecule has 0 aromatic heterocycles. The summed E-state index contributed by atoms with van der Waals surface area (Å²) in [5.41, 5.74) is -0.195. The highest BCUT2D eigenvalue weighted by molar-refractivity contribution is 7.99. The van der Waals surface area contributed by atoms with Gasteiger partial charge in [0.1, 0.15) is 5.25 Å². The Balaban J connectivity index is 1.88. The third kappa shape index (κ3) is 2.72. The standard InChI is InChI=1S/C14H22N2O3S2/c15-9-12-3-7-19-10-13(12)21(17,18)16-6-1-4-14(16)5-2-8-20-11-14/h12-13H,1-8,10-11H2. The smallest absolute Gasteiger partial charge is 0.221 e. The van der Waals surface area contributed by atoms with Crippen LogP contribution in [0.3, 0.4) is 0 Å². The molecule has 0 N–H and O–H groups in total. The third-order valence-electron chi connectivity index (χ3n) is 4.99. The average molecular weight is 330 g/mol. The minimum atomic E-state index is -3.46. The first-order chi connectivity index (χ1) is 10.1. The van der Waals surface area contributed by atoms with Gasteiger partial charge in [-0.1, -0.05) is 0 Å². The van der Waals surface area contributed by atoms with Crippen LogP contribution >= 0.6 is 11.8 Å². The summed E-state index contributed by atoms with van der Waals surface area (Å²) in [5.74, 6) is 1.60. The Kier molecular flexibility index (Phi) is 4.51. The van der Waals surface area contributed by atoms with Crippen LogP contribution in [0.5, 0.6) is 0 Å². The van der Waals surface area contributed by atoms with E-state index in [-0.39, 0.29) is 12.1 Å². The normalized spacial score (nSPS) is 38.4. The van der Waals surface area contributed by atoms with Crippen LogP contribution in [0.4, 0.5) is 0 Å². The van der Waals surface area contributed by atoms with Crippen LogP contribution in [0.1, 0.15) is 32.1 Å². The van der Waals surface area contributed by atoms with E-state index in [4.69, 9.17) is 4.74 Å². The summed E-state index contributed by atoms with van der Waals surface area (Å²) in [5, 5.41) is 8.59. The first kappa shape index (κ1) is 15.6. The van der Waals surface area contributed by atoms with Gasteiger partial charge in [-0.25, -0.2) is 8.42 Å². The Hall–Kier alpha value is -0.290. The zero-order valence-electron chi connectivity index (χ0n) is 12.2. The summed E-state index contributed by atoms with van der Waals surface area (Å²) in [7, 11) is -3.46. The van der Waals surface area contributed by atoms with Crippen LogP contribution in [-0.4, -0.2) is 54.8 Å². The maximum absolute atomic E-state index is 13.1. The highest BCUT2D eigenvalue weighted by atomic mass is 32.2. The number of hydrogen-bond donors (Lipinski definition) is 0. The highest BCUT2D eigenvalue weighted by Gasteiger charge is 2.51. The number of nitriles is 1. The number of ether oxygens (including phenoxy) is 1. The van der Waals surface area contributed by atoms with E-state index in [1.807, 2.05) is 11.8 Å². The van der Waals surface area contributed by atoms with Crippen molar-refractivity contribution in [3.8, 4) is 6.07 Å². The lowest BCUT2D eigenvalue weighted by molar-refractivity contribution is 0.0799. The van der Waals surface area contributed by atoms with E-state index < -0.39 is 21.2 Å². The van der Waals surface area contributed by atoms with Crippen molar-refractivity contribution < 1.29 is 13.2 Å². The van der Waals surface area contributed by atoms with Crippen molar-refractivity contribution >= 4 is 21.8 Å².